The molecule has 1 amide bonds. The van der Waals surface area contributed by atoms with Gasteiger partial charge in [-0.3, -0.25) is 4.79 Å². The minimum atomic E-state index is -0.299. The molecule has 1 aromatic carbocycles. The number of carbonyl (C=O) groups excluding carboxylic acids is 1. The fraction of sp³-hybridized carbons (Fsp3) is 0.611. The highest BCUT2D eigenvalue weighted by molar-refractivity contribution is 5.91. The molecule has 0 aromatic heterocycles. The molecule has 1 saturated heterocycles. The third kappa shape index (κ3) is 2.60. The molecule has 2 N–H and O–H groups in total. The van der Waals surface area contributed by atoms with Gasteiger partial charge in [-0.1, -0.05) is 25.5 Å². The lowest BCUT2D eigenvalue weighted by molar-refractivity contribution is -0.133. The summed E-state index contributed by atoms with van der Waals surface area (Å²) in [6.45, 7) is 3.71. The van der Waals surface area contributed by atoms with E-state index < -0.39 is 0 Å². The Morgan fingerprint density at radius 2 is 2.00 bits per heavy atom. The van der Waals surface area contributed by atoms with E-state index in [0.29, 0.717) is 12.5 Å². The van der Waals surface area contributed by atoms with Crippen molar-refractivity contribution in [3.63, 3.8) is 0 Å². The Hall–Kier alpha value is -1.55. The van der Waals surface area contributed by atoms with Crippen LogP contribution in [0.2, 0.25) is 0 Å². The minimum Gasteiger partial charge on any atom is -0.497 e. The highest BCUT2D eigenvalue weighted by Crippen LogP contribution is 2.50. The predicted octanol–water partition coefficient (Wildman–Crippen LogP) is 2.31. The van der Waals surface area contributed by atoms with Crippen LogP contribution >= 0.6 is 0 Å². The van der Waals surface area contributed by atoms with Crippen molar-refractivity contribution in [2.75, 3.05) is 20.2 Å². The van der Waals surface area contributed by atoms with Gasteiger partial charge in [-0.15, -0.1) is 0 Å². The van der Waals surface area contributed by atoms with Crippen molar-refractivity contribution in [2.24, 2.45) is 11.7 Å². The zero-order chi connectivity index (χ0) is 15.7. The lowest BCUT2D eigenvalue weighted by Crippen LogP contribution is -2.39. The summed E-state index contributed by atoms with van der Waals surface area (Å²) in [5.41, 5.74) is 7.04. The van der Waals surface area contributed by atoms with Gasteiger partial charge in [0.15, 0.2) is 0 Å². The molecule has 1 aliphatic carbocycles. The number of likely N-dealkylation sites (tertiary alicyclic amines) is 1. The number of nitrogens with zero attached hydrogens (tertiary/aromatic N) is 1. The number of benzene rings is 1. The van der Waals surface area contributed by atoms with Gasteiger partial charge in [0.05, 0.1) is 12.5 Å². The Balaban J connectivity index is 1.74. The molecule has 4 heteroatoms. The molecule has 1 aromatic rings. The van der Waals surface area contributed by atoms with Gasteiger partial charge < -0.3 is 15.4 Å². The van der Waals surface area contributed by atoms with Gasteiger partial charge in [0.1, 0.15) is 5.75 Å². The van der Waals surface area contributed by atoms with Crippen LogP contribution in [-0.2, 0) is 10.2 Å². The molecular formula is C18H26N2O2. The Labute approximate surface area is 132 Å². The minimum absolute atomic E-state index is 0.135. The van der Waals surface area contributed by atoms with Crippen molar-refractivity contribution in [1.82, 2.24) is 4.90 Å². The second-order valence-corrected chi connectivity index (χ2v) is 6.73. The van der Waals surface area contributed by atoms with Crippen LogP contribution in [0.25, 0.3) is 0 Å². The van der Waals surface area contributed by atoms with Crippen molar-refractivity contribution >= 4 is 5.91 Å². The SMILES string of the molecule is CCCC1CN(C(=O)C2(c3ccc(OC)cc3)CC2)CC1N. The summed E-state index contributed by atoms with van der Waals surface area (Å²) in [5, 5.41) is 0. The number of hydrogen-bond acceptors (Lipinski definition) is 3. The Kier molecular flexibility index (Phi) is 4.13. The van der Waals surface area contributed by atoms with E-state index in [1.165, 1.54) is 0 Å². The van der Waals surface area contributed by atoms with Gasteiger partial charge >= 0.3 is 0 Å². The maximum Gasteiger partial charge on any atom is 0.233 e. The number of ether oxygens (including phenoxy) is 1. The molecular weight excluding hydrogens is 276 g/mol. The summed E-state index contributed by atoms with van der Waals surface area (Å²) in [4.78, 5) is 15.0. The maximum atomic E-state index is 13.0. The second kappa shape index (κ2) is 5.92. The van der Waals surface area contributed by atoms with Crippen molar-refractivity contribution in [3.8, 4) is 5.75 Å². The van der Waals surface area contributed by atoms with E-state index in [0.717, 1.165) is 43.5 Å². The van der Waals surface area contributed by atoms with Crippen molar-refractivity contribution in [3.05, 3.63) is 29.8 Å². The van der Waals surface area contributed by atoms with Crippen molar-refractivity contribution < 1.29 is 9.53 Å². The molecule has 120 valence electrons. The number of amides is 1. The average Bonchev–Trinajstić information content (AvgIpc) is 3.27. The zero-order valence-electron chi connectivity index (χ0n) is 13.5. The van der Waals surface area contributed by atoms with Crippen LogP contribution in [0, 0.1) is 5.92 Å². The highest BCUT2D eigenvalue weighted by atomic mass is 16.5. The van der Waals surface area contributed by atoms with Crippen LogP contribution in [0.4, 0.5) is 0 Å². The zero-order valence-corrected chi connectivity index (χ0v) is 13.5. The molecule has 2 unspecified atom stereocenters. The summed E-state index contributed by atoms with van der Waals surface area (Å²) < 4.78 is 5.21. The molecule has 0 radical (unpaired) electrons. The van der Waals surface area contributed by atoms with Crippen LogP contribution in [0.5, 0.6) is 5.75 Å². The second-order valence-electron chi connectivity index (χ2n) is 6.73. The number of carbonyl (C=O) groups is 1. The van der Waals surface area contributed by atoms with E-state index in [4.69, 9.17) is 10.5 Å². The van der Waals surface area contributed by atoms with Crippen molar-refractivity contribution in [1.29, 1.82) is 0 Å². The van der Waals surface area contributed by atoms with Gasteiger partial charge in [-0.05, 0) is 42.9 Å². The molecule has 1 aliphatic heterocycles. The Morgan fingerprint density at radius 3 is 2.55 bits per heavy atom. The van der Waals surface area contributed by atoms with Crippen LogP contribution in [0.3, 0.4) is 0 Å². The average molecular weight is 302 g/mol. The normalized spacial score (nSPS) is 26.0. The molecule has 2 aliphatic rings. The summed E-state index contributed by atoms with van der Waals surface area (Å²) in [5.74, 6) is 1.56. The summed E-state index contributed by atoms with van der Waals surface area (Å²) in [6, 6.07) is 8.08. The van der Waals surface area contributed by atoms with Crippen molar-refractivity contribution in [2.45, 2.75) is 44.1 Å². The first-order valence-corrected chi connectivity index (χ1v) is 8.30. The maximum absolute atomic E-state index is 13.0. The van der Waals surface area contributed by atoms with E-state index in [9.17, 15) is 4.79 Å². The first-order chi connectivity index (χ1) is 10.6. The molecule has 2 fully saturated rings. The van der Waals surface area contributed by atoms with Gasteiger partial charge in [0.2, 0.25) is 5.91 Å². The Bertz CT molecular complexity index is 537. The quantitative estimate of drug-likeness (QED) is 0.908. The first kappa shape index (κ1) is 15.3. The van der Waals surface area contributed by atoms with Crippen LogP contribution in [0.1, 0.15) is 38.2 Å². The summed E-state index contributed by atoms with van der Waals surface area (Å²) in [6.07, 6.45) is 4.13. The number of methoxy groups -OCH3 is 1. The first-order valence-electron chi connectivity index (χ1n) is 8.30. The molecule has 1 heterocycles. The van der Waals surface area contributed by atoms with E-state index >= 15 is 0 Å². The van der Waals surface area contributed by atoms with Crippen LogP contribution < -0.4 is 10.5 Å². The van der Waals surface area contributed by atoms with Gasteiger partial charge in [0.25, 0.3) is 0 Å². The summed E-state index contributed by atoms with van der Waals surface area (Å²) >= 11 is 0. The lowest BCUT2D eigenvalue weighted by Gasteiger charge is -2.23. The molecule has 4 nitrogen and oxygen atoms in total. The number of nitrogens with two attached hydrogens (primary N) is 1. The molecule has 0 spiro atoms. The standard InChI is InChI=1S/C18H26N2O2/c1-3-4-13-11-20(12-16(13)19)17(21)18(9-10-18)14-5-7-15(22-2)8-6-14/h5-8,13,16H,3-4,9-12,19H2,1-2H3. The third-order valence-electron chi connectivity index (χ3n) is 5.24. The fourth-order valence-electron chi connectivity index (χ4n) is 3.70. The monoisotopic (exact) mass is 302 g/mol. The van der Waals surface area contributed by atoms with Crippen LogP contribution in [-0.4, -0.2) is 37.0 Å². The summed E-state index contributed by atoms with van der Waals surface area (Å²) in [7, 11) is 1.66. The topological polar surface area (TPSA) is 55.6 Å². The Morgan fingerprint density at radius 1 is 1.32 bits per heavy atom. The molecule has 2 atom stereocenters. The smallest absolute Gasteiger partial charge is 0.233 e. The van der Waals surface area contributed by atoms with E-state index in [2.05, 4.69) is 6.92 Å². The highest BCUT2D eigenvalue weighted by Gasteiger charge is 2.54. The molecule has 1 saturated carbocycles. The van der Waals surface area contributed by atoms with E-state index in [-0.39, 0.29) is 17.4 Å². The lowest BCUT2D eigenvalue weighted by atomic mass is 9.94. The predicted molar refractivity (Wildman–Crippen MR) is 86.9 cm³/mol. The third-order valence-corrected chi connectivity index (χ3v) is 5.24. The molecule has 3 rings (SSSR count). The fourth-order valence-corrected chi connectivity index (χ4v) is 3.70. The number of hydrogen-bond donors (Lipinski definition) is 1. The van der Waals surface area contributed by atoms with E-state index in [1.54, 1.807) is 7.11 Å². The number of rotatable bonds is 5. The largest absolute Gasteiger partial charge is 0.497 e. The molecule has 22 heavy (non-hydrogen) atoms. The van der Waals surface area contributed by atoms with Gasteiger partial charge in [-0.25, -0.2) is 0 Å². The van der Waals surface area contributed by atoms with Gasteiger partial charge in [-0.2, -0.15) is 0 Å². The van der Waals surface area contributed by atoms with E-state index in [1.807, 2.05) is 29.2 Å². The van der Waals surface area contributed by atoms with Crippen LogP contribution in [0.15, 0.2) is 24.3 Å². The van der Waals surface area contributed by atoms with Gasteiger partial charge in [0, 0.05) is 19.1 Å². The molecule has 0 bridgehead atoms.